The number of furan rings is 1. The molecule has 84 valence electrons. The van der Waals surface area contributed by atoms with Gasteiger partial charge in [-0.2, -0.15) is 0 Å². The summed E-state index contributed by atoms with van der Waals surface area (Å²) >= 11 is 3.39. The number of carboxylic acids is 1. The molecule has 0 aliphatic heterocycles. The first-order valence-corrected chi connectivity index (χ1v) is 5.79. The van der Waals surface area contributed by atoms with Crippen LogP contribution in [-0.2, 0) is 0 Å². The average molecular weight is 291 g/mol. The van der Waals surface area contributed by atoms with Crippen LogP contribution in [0, 0.1) is 0 Å². The third kappa shape index (κ3) is 1.61. The number of benzene rings is 2. The van der Waals surface area contributed by atoms with Crippen molar-refractivity contribution in [2.24, 2.45) is 0 Å². The van der Waals surface area contributed by atoms with Crippen molar-refractivity contribution >= 4 is 43.8 Å². The predicted molar refractivity (Wildman–Crippen MR) is 68.4 cm³/mol. The number of hydrogen-bond donors (Lipinski definition) is 1. The summed E-state index contributed by atoms with van der Waals surface area (Å²) in [6, 6.07) is 10.5. The summed E-state index contributed by atoms with van der Waals surface area (Å²) in [6.07, 6.45) is 0. The van der Waals surface area contributed by atoms with Crippen LogP contribution in [0.5, 0.6) is 0 Å². The first kappa shape index (κ1) is 10.4. The number of carboxylic acid groups (broad SMARTS) is 1. The molecular weight excluding hydrogens is 284 g/mol. The van der Waals surface area contributed by atoms with Gasteiger partial charge in [0.15, 0.2) is 0 Å². The van der Waals surface area contributed by atoms with E-state index in [4.69, 9.17) is 9.52 Å². The van der Waals surface area contributed by atoms with E-state index in [2.05, 4.69) is 15.9 Å². The van der Waals surface area contributed by atoms with Crippen molar-refractivity contribution in [3.63, 3.8) is 0 Å². The Morgan fingerprint density at radius 2 is 1.71 bits per heavy atom. The summed E-state index contributed by atoms with van der Waals surface area (Å²) in [7, 11) is 0. The van der Waals surface area contributed by atoms with Gasteiger partial charge in [-0.1, -0.05) is 15.9 Å². The van der Waals surface area contributed by atoms with Gasteiger partial charge >= 0.3 is 5.97 Å². The fourth-order valence-corrected chi connectivity index (χ4v) is 2.24. The molecule has 1 aromatic heterocycles. The standard InChI is InChI=1S/C13H7BrO3/c14-8-2-4-12-10(6-8)9-5-7(13(15)16)1-3-11(9)17-12/h1-6H,(H,15,16). The van der Waals surface area contributed by atoms with Gasteiger partial charge in [0.1, 0.15) is 11.2 Å². The van der Waals surface area contributed by atoms with Crippen LogP contribution in [-0.4, -0.2) is 11.1 Å². The highest BCUT2D eigenvalue weighted by Gasteiger charge is 2.10. The van der Waals surface area contributed by atoms with E-state index in [0.717, 1.165) is 20.8 Å². The van der Waals surface area contributed by atoms with Gasteiger partial charge in [-0.3, -0.25) is 0 Å². The second-order valence-electron chi connectivity index (χ2n) is 3.76. The van der Waals surface area contributed by atoms with E-state index in [1.54, 1.807) is 18.2 Å². The number of carbonyl (C=O) groups is 1. The summed E-state index contributed by atoms with van der Waals surface area (Å²) in [5, 5.41) is 10.7. The summed E-state index contributed by atoms with van der Waals surface area (Å²) < 4.78 is 6.57. The topological polar surface area (TPSA) is 50.4 Å². The number of halogens is 1. The Hall–Kier alpha value is -1.81. The van der Waals surface area contributed by atoms with Gasteiger partial charge < -0.3 is 9.52 Å². The van der Waals surface area contributed by atoms with Crippen molar-refractivity contribution < 1.29 is 14.3 Å². The SMILES string of the molecule is O=C(O)c1ccc2oc3ccc(Br)cc3c2c1. The summed E-state index contributed by atoms with van der Waals surface area (Å²) in [4.78, 5) is 10.9. The van der Waals surface area contributed by atoms with Crippen LogP contribution < -0.4 is 0 Å². The highest BCUT2D eigenvalue weighted by molar-refractivity contribution is 9.10. The molecule has 2 aromatic carbocycles. The minimum absolute atomic E-state index is 0.264. The highest BCUT2D eigenvalue weighted by Crippen LogP contribution is 2.31. The lowest BCUT2D eigenvalue weighted by atomic mass is 10.1. The Balaban J connectivity index is 2.43. The van der Waals surface area contributed by atoms with Gasteiger partial charge in [-0.05, 0) is 36.4 Å². The molecule has 0 amide bonds. The van der Waals surface area contributed by atoms with Gasteiger partial charge in [-0.25, -0.2) is 4.79 Å². The fourth-order valence-electron chi connectivity index (χ4n) is 1.88. The van der Waals surface area contributed by atoms with Gasteiger partial charge in [0.05, 0.1) is 5.56 Å². The maximum Gasteiger partial charge on any atom is 0.335 e. The monoisotopic (exact) mass is 290 g/mol. The summed E-state index contributed by atoms with van der Waals surface area (Å²) in [5.41, 5.74) is 1.72. The molecule has 4 heteroatoms. The Morgan fingerprint density at radius 1 is 1.06 bits per heavy atom. The van der Waals surface area contributed by atoms with E-state index in [-0.39, 0.29) is 5.56 Å². The molecular formula is C13H7BrO3. The van der Waals surface area contributed by atoms with Crippen LogP contribution in [0.25, 0.3) is 21.9 Å². The van der Waals surface area contributed by atoms with Crippen molar-refractivity contribution in [1.29, 1.82) is 0 Å². The summed E-state index contributed by atoms with van der Waals surface area (Å²) in [5.74, 6) is -0.934. The average Bonchev–Trinajstić information content (AvgIpc) is 2.66. The fraction of sp³-hybridized carbons (Fsp3) is 0. The molecule has 0 unspecified atom stereocenters. The number of fused-ring (bicyclic) bond motifs is 3. The molecule has 1 heterocycles. The zero-order valence-corrected chi connectivity index (χ0v) is 10.2. The van der Waals surface area contributed by atoms with Gasteiger partial charge in [-0.15, -0.1) is 0 Å². The van der Waals surface area contributed by atoms with E-state index in [1.165, 1.54) is 0 Å². The third-order valence-electron chi connectivity index (χ3n) is 2.68. The van der Waals surface area contributed by atoms with Crippen molar-refractivity contribution in [3.8, 4) is 0 Å². The van der Waals surface area contributed by atoms with Crippen LogP contribution in [0.1, 0.15) is 10.4 Å². The molecule has 0 atom stereocenters. The maximum atomic E-state index is 10.9. The van der Waals surface area contributed by atoms with Crippen molar-refractivity contribution in [1.82, 2.24) is 0 Å². The van der Waals surface area contributed by atoms with E-state index in [0.29, 0.717) is 5.58 Å². The maximum absolute atomic E-state index is 10.9. The summed E-state index contributed by atoms with van der Waals surface area (Å²) in [6.45, 7) is 0. The largest absolute Gasteiger partial charge is 0.478 e. The Labute approximate surface area is 105 Å². The Bertz CT molecular complexity index is 743. The van der Waals surface area contributed by atoms with Crippen molar-refractivity contribution in [3.05, 3.63) is 46.4 Å². The molecule has 0 aliphatic rings. The molecule has 17 heavy (non-hydrogen) atoms. The molecule has 3 nitrogen and oxygen atoms in total. The zero-order valence-electron chi connectivity index (χ0n) is 8.61. The molecule has 0 saturated heterocycles. The molecule has 3 aromatic rings. The third-order valence-corrected chi connectivity index (χ3v) is 3.17. The molecule has 3 rings (SSSR count). The first-order chi connectivity index (χ1) is 8.15. The lowest BCUT2D eigenvalue weighted by molar-refractivity contribution is 0.0697. The molecule has 1 N–H and O–H groups in total. The molecule has 0 fully saturated rings. The van der Waals surface area contributed by atoms with Crippen molar-refractivity contribution in [2.75, 3.05) is 0 Å². The second kappa shape index (κ2) is 3.60. The van der Waals surface area contributed by atoms with Gasteiger partial charge in [0.25, 0.3) is 0 Å². The molecule has 0 spiro atoms. The van der Waals surface area contributed by atoms with Crippen LogP contribution in [0.4, 0.5) is 0 Å². The zero-order chi connectivity index (χ0) is 12.0. The smallest absolute Gasteiger partial charge is 0.335 e. The van der Waals surface area contributed by atoms with Crippen molar-refractivity contribution in [2.45, 2.75) is 0 Å². The quantitative estimate of drug-likeness (QED) is 0.736. The first-order valence-electron chi connectivity index (χ1n) is 5.00. The van der Waals surface area contributed by atoms with E-state index < -0.39 is 5.97 Å². The normalized spacial score (nSPS) is 11.1. The molecule has 0 aliphatic carbocycles. The highest BCUT2D eigenvalue weighted by atomic mass is 79.9. The van der Waals surface area contributed by atoms with Crippen LogP contribution >= 0.6 is 15.9 Å². The molecule has 0 bridgehead atoms. The molecule has 0 radical (unpaired) electrons. The van der Waals surface area contributed by atoms with Crippen LogP contribution in [0.3, 0.4) is 0 Å². The number of aromatic carboxylic acids is 1. The van der Waals surface area contributed by atoms with Crippen LogP contribution in [0.15, 0.2) is 45.3 Å². The second-order valence-corrected chi connectivity index (χ2v) is 4.67. The van der Waals surface area contributed by atoms with E-state index in [1.807, 2.05) is 18.2 Å². The van der Waals surface area contributed by atoms with Crippen LogP contribution in [0.2, 0.25) is 0 Å². The Kier molecular flexibility index (Phi) is 2.19. The van der Waals surface area contributed by atoms with Gasteiger partial charge in [0, 0.05) is 15.2 Å². The van der Waals surface area contributed by atoms with E-state index in [9.17, 15) is 4.79 Å². The predicted octanol–water partition coefficient (Wildman–Crippen LogP) is 4.05. The minimum atomic E-state index is -0.934. The number of hydrogen-bond acceptors (Lipinski definition) is 2. The van der Waals surface area contributed by atoms with Gasteiger partial charge in [0.2, 0.25) is 0 Å². The lowest BCUT2D eigenvalue weighted by Gasteiger charge is -1.94. The Morgan fingerprint density at radius 3 is 2.41 bits per heavy atom. The molecule has 0 saturated carbocycles. The van der Waals surface area contributed by atoms with E-state index >= 15 is 0 Å². The number of rotatable bonds is 1. The lowest BCUT2D eigenvalue weighted by Crippen LogP contribution is -1.94. The minimum Gasteiger partial charge on any atom is -0.478 e.